The Balaban J connectivity index is 1.90. The van der Waals surface area contributed by atoms with Gasteiger partial charge in [-0.05, 0) is 24.0 Å². The maximum atomic E-state index is 10.5. The molecule has 0 saturated heterocycles. The summed E-state index contributed by atoms with van der Waals surface area (Å²) in [6, 6.07) is 8.40. The second-order valence-corrected chi connectivity index (χ2v) is 4.33. The number of carbonyl (C=O) groups is 1. The molecule has 0 saturated carbocycles. The number of benzene rings is 1. The molecule has 1 N–H and O–H groups in total. The number of hydrogen-bond donors (Lipinski definition) is 1. The first-order valence-corrected chi connectivity index (χ1v) is 6.28. The summed E-state index contributed by atoms with van der Waals surface area (Å²) >= 11 is 0. The lowest BCUT2D eigenvalue weighted by atomic mass is 10.1. The summed E-state index contributed by atoms with van der Waals surface area (Å²) in [4.78, 5) is 10.5. The third-order valence-electron chi connectivity index (χ3n) is 2.87. The van der Waals surface area contributed by atoms with Crippen LogP contribution in [0.1, 0.15) is 29.8 Å². The van der Waals surface area contributed by atoms with E-state index in [0.717, 1.165) is 12.8 Å². The van der Waals surface area contributed by atoms with Crippen molar-refractivity contribution in [2.45, 2.75) is 32.6 Å². The van der Waals surface area contributed by atoms with E-state index in [0.29, 0.717) is 12.3 Å². The zero-order chi connectivity index (χ0) is 13.7. The van der Waals surface area contributed by atoms with Crippen molar-refractivity contribution >= 4 is 5.97 Å². The van der Waals surface area contributed by atoms with E-state index in [9.17, 15) is 4.79 Å². The Bertz CT molecular complexity index is 546. The average Bonchev–Trinajstić information content (AvgIpc) is 2.84. The molecule has 0 radical (unpaired) electrons. The highest BCUT2D eigenvalue weighted by molar-refractivity contribution is 5.68. The number of aryl methyl sites for hydroxylation is 3. The van der Waals surface area contributed by atoms with Crippen LogP contribution >= 0.6 is 0 Å². The highest BCUT2D eigenvalue weighted by Crippen LogP contribution is 2.09. The fourth-order valence-corrected chi connectivity index (χ4v) is 1.78. The Morgan fingerprint density at radius 2 is 1.74 bits per heavy atom. The Labute approximate surface area is 111 Å². The zero-order valence-corrected chi connectivity index (χ0v) is 10.8. The van der Waals surface area contributed by atoms with Crippen molar-refractivity contribution in [3.63, 3.8) is 0 Å². The molecule has 0 unspecified atom stereocenters. The van der Waals surface area contributed by atoms with Crippen molar-refractivity contribution in [1.29, 1.82) is 0 Å². The third kappa shape index (κ3) is 3.91. The molecule has 0 amide bonds. The van der Waals surface area contributed by atoms with E-state index in [-0.39, 0.29) is 12.3 Å². The molecule has 0 fully saturated rings. The standard InChI is InChI=1S/C14H16N2O3/c1-2-10-3-5-11(6-4-10)7-8-12-15-16-13(19-12)9-14(17)18/h3-6H,2,7-9H2,1H3,(H,17,18). The molecule has 0 atom stereocenters. The first-order valence-electron chi connectivity index (χ1n) is 6.28. The van der Waals surface area contributed by atoms with Gasteiger partial charge in [0.15, 0.2) is 0 Å². The molecule has 5 nitrogen and oxygen atoms in total. The summed E-state index contributed by atoms with van der Waals surface area (Å²) in [5, 5.41) is 16.1. The highest BCUT2D eigenvalue weighted by Gasteiger charge is 2.09. The van der Waals surface area contributed by atoms with Crippen molar-refractivity contribution in [3.05, 3.63) is 47.2 Å². The lowest BCUT2D eigenvalue weighted by Crippen LogP contribution is -1.99. The summed E-state index contributed by atoms with van der Waals surface area (Å²) in [7, 11) is 0. The third-order valence-corrected chi connectivity index (χ3v) is 2.87. The molecule has 0 spiro atoms. The van der Waals surface area contributed by atoms with Crippen LogP contribution in [0.2, 0.25) is 0 Å². The number of hydrogen-bond acceptors (Lipinski definition) is 4. The summed E-state index contributed by atoms with van der Waals surface area (Å²) in [5.74, 6) is -0.329. The Hall–Kier alpha value is -2.17. The minimum absolute atomic E-state index is 0.156. The van der Waals surface area contributed by atoms with Crippen LogP contribution in [-0.2, 0) is 30.5 Å². The van der Waals surface area contributed by atoms with Crippen LogP contribution in [0.4, 0.5) is 0 Å². The van der Waals surface area contributed by atoms with Gasteiger partial charge < -0.3 is 9.52 Å². The second kappa shape index (κ2) is 6.13. The van der Waals surface area contributed by atoms with Gasteiger partial charge in [0.2, 0.25) is 11.8 Å². The first-order chi connectivity index (χ1) is 9.17. The van der Waals surface area contributed by atoms with Crippen molar-refractivity contribution in [1.82, 2.24) is 10.2 Å². The van der Waals surface area contributed by atoms with Gasteiger partial charge in [0.1, 0.15) is 6.42 Å². The average molecular weight is 260 g/mol. The van der Waals surface area contributed by atoms with E-state index < -0.39 is 5.97 Å². The van der Waals surface area contributed by atoms with Gasteiger partial charge in [-0.2, -0.15) is 0 Å². The van der Waals surface area contributed by atoms with Crippen LogP contribution in [0.3, 0.4) is 0 Å². The second-order valence-electron chi connectivity index (χ2n) is 4.33. The van der Waals surface area contributed by atoms with Crippen molar-refractivity contribution in [3.8, 4) is 0 Å². The molecule has 0 aliphatic heterocycles. The molecule has 0 bridgehead atoms. The van der Waals surface area contributed by atoms with E-state index >= 15 is 0 Å². The fraction of sp³-hybridized carbons (Fsp3) is 0.357. The maximum absolute atomic E-state index is 10.5. The van der Waals surface area contributed by atoms with Gasteiger partial charge in [0, 0.05) is 6.42 Å². The number of carboxylic acids is 1. The Morgan fingerprint density at radius 3 is 2.37 bits per heavy atom. The fourth-order valence-electron chi connectivity index (χ4n) is 1.78. The van der Waals surface area contributed by atoms with E-state index in [1.54, 1.807) is 0 Å². The maximum Gasteiger partial charge on any atom is 0.312 e. The lowest BCUT2D eigenvalue weighted by Gasteiger charge is -2.00. The van der Waals surface area contributed by atoms with Crippen LogP contribution < -0.4 is 0 Å². The first kappa shape index (κ1) is 13.3. The zero-order valence-electron chi connectivity index (χ0n) is 10.8. The van der Waals surface area contributed by atoms with E-state index in [1.807, 2.05) is 0 Å². The summed E-state index contributed by atoms with van der Waals surface area (Å²) in [5.41, 5.74) is 2.51. The SMILES string of the molecule is CCc1ccc(CCc2nnc(CC(=O)O)o2)cc1. The molecule has 1 aromatic carbocycles. The van der Waals surface area contributed by atoms with Crippen LogP contribution in [0.15, 0.2) is 28.7 Å². The normalized spacial score (nSPS) is 10.6. The van der Waals surface area contributed by atoms with Crippen LogP contribution in [0.25, 0.3) is 0 Å². The number of rotatable bonds is 6. The Morgan fingerprint density at radius 1 is 1.11 bits per heavy atom. The molecule has 100 valence electrons. The summed E-state index contributed by atoms with van der Waals surface area (Å²) < 4.78 is 5.26. The van der Waals surface area contributed by atoms with Gasteiger partial charge in [-0.3, -0.25) is 4.79 Å². The quantitative estimate of drug-likeness (QED) is 0.860. The molecule has 19 heavy (non-hydrogen) atoms. The molecule has 5 heteroatoms. The molecule has 2 aromatic rings. The predicted molar refractivity (Wildman–Crippen MR) is 68.9 cm³/mol. The van der Waals surface area contributed by atoms with Crippen LogP contribution in [0.5, 0.6) is 0 Å². The summed E-state index contributed by atoms with van der Waals surface area (Å²) in [6.45, 7) is 2.12. The van der Waals surface area contributed by atoms with E-state index in [2.05, 4.69) is 41.4 Å². The largest absolute Gasteiger partial charge is 0.481 e. The molecule has 1 aromatic heterocycles. The van der Waals surface area contributed by atoms with Crippen molar-refractivity contribution in [2.75, 3.05) is 0 Å². The highest BCUT2D eigenvalue weighted by atomic mass is 16.4. The van der Waals surface area contributed by atoms with Crippen molar-refractivity contribution in [2.24, 2.45) is 0 Å². The number of nitrogens with zero attached hydrogens (tertiary/aromatic N) is 2. The smallest absolute Gasteiger partial charge is 0.312 e. The van der Waals surface area contributed by atoms with Crippen LogP contribution in [0, 0.1) is 0 Å². The molecule has 1 heterocycles. The summed E-state index contributed by atoms with van der Waals surface area (Å²) in [6.07, 6.45) is 2.23. The van der Waals surface area contributed by atoms with Gasteiger partial charge in [0.25, 0.3) is 0 Å². The predicted octanol–water partition coefficient (Wildman–Crippen LogP) is 2.04. The van der Waals surface area contributed by atoms with Crippen molar-refractivity contribution < 1.29 is 14.3 Å². The van der Waals surface area contributed by atoms with E-state index in [1.165, 1.54) is 11.1 Å². The molecular weight excluding hydrogens is 244 g/mol. The van der Waals surface area contributed by atoms with Gasteiger partial charge >= 0.3 is 5.97 Å². The lowest BCUT2D eigenvalue weighted by molar-refractivity contribution is -0.136. The molecular formula is C14H16N2O3. The molecule has 2 rings (SSSR count). The van der Waals surface area contributed by atoms with Crippen LogP contribution in [-0.4, -0.2) is 21.3 Å². The topological polar surface area (TPSA) is 76.2 Å². The van der Waals surface area contributed by atoms with Gasteiger partial charge in [-0.15, -0.1) is 10.2 Å². The molecule has 0 aliphatic rings. The van der Waals surface area contributed by atoms with Gasteiger partial charge in [-0.25, -0.2) is 0 Å². The minimum atomic E-state index is -0.967. The number of carboxylic acid groups (broad SMARTS) is 1. The number of aromatic nitrogens is 2. The van der Waals surface area contributed by atoms with Gasteiger partial charge in [0.05, 0.1) is 0 Å². The number of aliphatic carboxylic acids is 1. The Kier molecular flexibility index (Phi) is 4.28. The monoisotopic (exact) mass is 260 g/mol. The van der Waals surface area contributed by atoms with Gasteiger partial charge in [-0.1, -0.05) is 31.2 Å². The minimum Gasteiger partial charge on any atom is -0.481 e. The molecule has 0 aliphatic carbocycles. The van der Waals surface area contributed by atoms with E-state index in [4.69, 9.17) is 9.52 Å².